The van der Waals surface area contributed by atoms with Crippen molar-refractivity contribution in [3.63, 3.8) is 0 Å². The molecule has 1 heterocycles. The Hall–Kier alpha value is -1.63. The van der Waals surface area contributed by atoms with Crippen LogP contribution in [-0.2, 0) is 4.74 Å². The third-order valence-electron chi connectivity index (χ3n) is 2.21. The van der Waals surface area contributed by atoms with Gasteiger partial charge in [-0.3, -0.25) is 0 Å². The van der Waals surface area contributed by atoms with Crippen molar-refractivity contribution in [2.45, 2.75) is 13.3 Å². The summed E-state index contributed by atoms with van der Waals surface area (Å²) in [5.41, 5.74) is 0. The first-order chi connectivity index (χ1) is 8.71. The summed E-state index contributed by atoms with van der Waals surface area (Å²) in [4.78, 5) is 14.1. The van der Waals surface area contributed by atoms with Gasteiger partial charge in [0.15, 0.2) is 0 Å². The number of nitrogens with zero attached hydrogens (tertiary/aromatic N) is 4. The summed E-state index contributed by atoms with van der Waals surface area (Å²) in [6, 6.07) is 0.469. The van der Waals surface area contributed by atoms with Gasteiger partial charge in [-0.05, 0) is 6.42 Å². The van der Waals surface area contributed by atoms with Crippen LogP contribution in [0.2, 0.25) is 0 Å². The molecule has 0 aliphatic carbocycles. The van der Waals surface area contributed by atoms with Crippen LogP contribution in [0.1, 0.15) is 13.3 Å². The number of ether oxygens (including phenoxy) is 3. The van der Waals surface area contributed by atoms with E-state index in [1.54, 1.807) is 0 Å². The number of likely N-dealkylation sites (N-methyl/N-ethyl adjacent to an activating group) is 1. The van der Waals surface area contributed by atoms with E-state index < -0.39 is 0 Å². The lowest BCUT2D eigenvalue weighted by atomic mass is 10.5. The smallest absolute Gasteiger partial charge is 0.324 e. The first-order valence-corrected chi connectivity index (χ1v) is 5.84. The van der Waals surface area contributed by atoms with Crippen LogP contribution in [0.15, 0.2) is 0 Å². The van der Waals surface area contributed by atoms with E-state index in [2.05, 4.69) is 21.9 Å². The topological polar surface area (TPSA) is 69.6 Å². The average molecular weight is 256 g/mol. The molecule has 7 heteroatoms. The predicted molar refractivity (Wildman–Crippen MR) is 67.3 cm³/mol. The van der Waals surface area contributed by atoms with Gasteiger partial charge in [-0.25, -0.2) is 0 Å². The van der Waals surface area contributed by atoms with Crippen molar-refractivity contribution in [2.75, 3.05) is 45.9 Å². The molecule has 0 amide bonds. The molecule has 1 rings (SSSR count). The Morgan fingerprint density at radius 3 is 2.11 bits per heavy atom. The predicted octanol–water partition coefficient (Wildman–Crippen LogP) is 0.752. The standard InChI is InChI=1S/C11H20N4O3/c1-5-7-18-8-6-15(2)9-12-10(16-3)14-11(13-9)17-4/h5-8H2,1-4H3. The molecular weight excluding hydrogens is 236 g/mol. The van der Waals surface area contributed by atoms with Crippen molar-refractivity contribution in [1.29, 1.82) is 0 Å². The Balaban J connectivity index is 2.63. The summed E-state index contributed by atoms with van der Waals surface area (Å²) in [7, 11) is 4.88. The van der Waals surface area contributed by atoms with E-state index in [4.69, 9.17) is 14.2 Å². The highest BCUT2D eigenvalue weighted by atomic mass is 16.5. The number of anilines is 1. The maximum Gasteiger partial charge on any atom is 0.324 e. The number of methoxy groups -OCH3 is 2. The van der Waals surface area contributed by atoms with Gasteiger partial charge in [0.25, 0.3) is 0 Å². The van der Waals surface area contributed by atoms with E-state index in [0.29, 0.717) is 19.1 Å². The lowest BCUT2D eigenvalue weighted by Gasteiger charge is -2.17. The first-order valence-electron chi connectivity index (χ1n) is 5.84. The largest absolute Gasteiger partial charge is 0.467 e. The zero-order chi connectivity index (χ0) is 13.4. The van der Waals surface area contributed by atoms with E-state index in [1.807, 2.05) is 11.9 Å². The summed E-state index contributed by atoms with van der Waals surface area (Å²) < 4.78 is 15.4. The fourth-order valence-corrected chi connectivity index (χ4v) is 1.23. The van der Waals surface area contributed by atoms with E-state index in [0.717, 1.165) is 13.0 Å². The molecule has 0 N–H and O–H groups in total. The highest BCUT2D eigenvalue weighted by molar-refractivity contribution is 5.30. The summed E-state index contributed by atoms with van der Waals surface area (Å²) in [6.45, 7) is 4.15. The van der Waals surface area contributed by atoms with Crippen LogP contribution < -0.4 is 14.4 Å². The molecule has 0 saturated carbocycles. The molecule has 0 spiro atoms. The Kier molecular flexibility index (Phi) is 6.13. The minimum atomic E-state index is 0.234. The minimum Gasteiger partial charge on any atom is -0.467 e. The van der Waals surface area contributed by atoms with Gasteiger partial charge in [-0.1, -0.05) is 6.92 Å². The van der Waals surface area contributed by atoms with Crippen molar-refractivity contribution >= 4 is 5.95 Å². The van der Waals surface area contributed by atoms with Crippen LogP contribution in [0.3, 0.4) is 0 Å². The highest BCUT2D eigenvalue weighted by Gasteiger charge is 2.10. The molecule has 0 aliphatic rings. The van der Waals surface area contributed by atoms with Crippen LogP contribution in [0.25, 0.3) is 0 Å². The lowest BCUT2D eigenvalue weighted by molar-refractivity contribution is 0.141. The molecule has 0 fully saturated rings. The molecule has 0 bridgehead atoms. The molecule has 1 aromatic rings. The van der Waals surface area contributed by atoms with Gasteiger partial charge >= 0.3 is 12.0 Å². The van der Waals surface area contributed by atoms with Crippen molar-refractivity contribution in [1.82, 2.24) is 15.0 Å². The molecular formula is C11H20N4O3. The second-order valence-electron chi connectivity index (χ2n) is 3.64. The van der Waals surface area contributed by atoms with Gasteiger partial charge in [0.05, 0.1) is 20.8 Å². The Morgan fingerprint density at radius 1 is 1.00 bits per heavy atom. The van der Waals surface area contributed by atoms with Crippen LogP contribution in [0.4, 0.5) is 5.95 Å². The summed E-state index contributed by atoms with van der Waals surface area (Å²) in [5, 5.41) is 0. The monoisotopic (exact) mass is 256 g/mol. The molecule has 102 valence electrons. The van der Waals surface area contributed by atoms with Gasteiger partial charge in [0, 0.05) is 20.2 Å². The molecule has 1 aromatic heterocycles. The number of aromatic nitrogens is 3. The van der Waals surface area contributed by atoms with Gasteiger partial charge in [0.1, 0.15) is 0 Å². The third-order valence-corrected chi connectivity index (χ3v) is 2.21. The zero-order valence-electron chi connectivity index (χ0n) is 11.3. The zero-order valence-corrected chi connectivity index (χ0v) is 11.3. The summed E-state index contributed by atoms with van der Waals surface area (Å²) in [5.74, 6) is 0.499. The molecule has 7 nitrogen and oxygen atoms in total. The van der Waals surface area contributed by atoms with Gasteiger partial charge in [-0.2, -0.15) is 9.97 Å². The maximum atomic E-state index is 5.41. The summed E-state index contributed by atoms with van der Waals surface area (Å²) >= 11 is 0. The fourth-order valence-electron chi connectivity index (χ4n) is 1.23. The fraction of sp³-hybridized carbons (Fsp3) is 0.727. The van der Waals surface area contributed by atoms with Crippen LogP contribution in [0.5, 0.6) is 12.0 Å². The van der Waals surface area contributed by atoms with Crippen molar-refractivity contribution in [2.24, 2.45) is 0 Å². The van der Waals surface area contributed by atoms with E-state index in [1.165, 1.54) is 14.2 Å². The van der Waals surface area contributed by atoms with Crippen LogP contribution >= 0.6 is 0 Å². The van der Waals surface area contributed by atoms with Gasteiger partial charge < -0.3 is 19.1 Å². The molecule has 0 unspecified atom stereocenters. The van der Waals surface area contributed by atoms with Crippen LogP contribution in [-0.4, -0.2) is 56.0 Å². The average Bonchev–Trinajstić information content (AvgIpc) is 2.42. The molecule has 0 atom stereocenters. The molecule has 18 heavy (non-hydrogen) atoms. The van der Waals surface area contributed by atoms with Gasteiger partial charge in [-0.15, -0.1) is 4.98 Å². The van der Waals surface area contributed by atoms with E-state index >= 15 is 0 Å². The summed E-state index contributed by atoms with van der Waals surface area (Å²) in [6.07, 6.45) is 1.01. The second kappa shape index (κ2) is 7.65. The Morgan fingerprint density at radius 2 is 1.61 bits per heavy atom. The minimum absolute atomic E-state index is 0.234. The second-order valence-corrected chi connectivity index (χ2v) is 3.64. The Bertz CT molecular complexity index is 340. The van der Waals surface area contributed by atoms with Gasteiger partial charge in [0.2, 0.25) is 5.95 Å². The number of hydrogen-bond acceptors (Lipinski definition) is 7. The van der Waals surface area contributed by atoms with E-state index in [9.17, 15) is 0 Å². The molecule has 0 aromatic carbocycles. The number of hydrogen-bond donors (Lipinski definition) is 0. The Labute approximate surface area is 107 Å². The van der Waals surface area contributed by atoms with Crippen molar-refractivity contribution in [3.8, 4) is 12.0 Å². The van der Waals surface area contributed by atoms with Crippen molar-refractivity contribution < 1.29 is 14.2 Å². The highest BCUT2D eigenvalue weighted by Crippen LogP contribution is 2.14. The third kappa shape index (κ3) is 4.33. The molecule has 0 aliphatic heterocycles. The quantitative estimate of drug-likeness (QED) is 0.636. The SMILES string of the molecule is CCCOCCN(C)c1nc(OC)nc(OC)n1. The maximum absolute atomic E-state index is 5.41. The van der Waals surface area contributed by atoms with Crippen LogP contribution in [0, 0.1) is 0 Å². The molecule has 0 radical (unpaired) electrons. The first kappa shape index (κ1) is 14.4. The normalized spacial score (nSPS) is 10.2. The van der Waals surface area contributed by atoms with Crippen molar-refractivity contribution in [3.05, 3.63) is 0 Å². The number of rotatable bonds is 8. The lowest BCUT2D eigenvalue weighted by Crippen LogP contribution is -2.25. The molecule has 0 saturated heterocycles. The van der Waals surface area contributed by atoms with E-state index in [-0.39, 0.29) is 12.0 Å².